The van der Waals surface area contributed by atoms with E-state index >= 15 is 0 Å². The molecule has 2 amide bonds. The summed E-state index contributed by atoms with van der Waals surface area (Å²) in [6.07, 6.45) is 3.24. The van der Waals surface area contributed by atoms with Crippen LogP contribution >= 0.6 is 0 Å². The topological polar surface area (TPSA) is 72.9 Å². The molecule has 0 unspecified atom stereocenters. The Hall–Kier alpha value is -3.19. The smallest absolute Gasteiger partial charge is 0.257 e. The maximum absolute atomic E-state index is 14.0. The molecule has 1 aliphatic heterocycles. The highest BCUT2D eigenvalue weighted by Gasteiger charge is 2.28. The molecule has 3 rings (SSSR count). The van der Waals surface area contributed by atoms with Gasteiger partial charge in [0.1, 0.15) is 11.6 Å². The number of benzene rings is 2. The molecule has 7 heteroatoms. The zero-order valence-corrected chi connectivity index (χ0v) is 15.8. The minimum absolute atomic E-state index is 0.0946. The summed E-state index contributed by atoms with van der Waals surface area (Å²) in [6.45, 7) is 1.25. The third-order valence-corrected chi connectivity index (χ3v) is 4.45. The second-order valence-electron chi connectivity index (χ2n) is 6.92. The molecule has 0 fully saturated rings. The summed E-state index contributed by atoms with van der Waals surface area (Å²) in [5.74, 6) is -1.70. The normalized spacial score (nSPS) is 13.2. The van der Waals surface area contributed by atoms with E-state index in [9.17, 15) is 19.1 Å². The Balaban J connectivity index is 1.74. The van der Waals surface area contributed by atoms with Crippen LogP contribution in [0.4, 0.5) is 10.1 Å². The Kier molecular flexibility index (Phi) is 5.75. The number of phenols is 1. The molecule has 1 aliphatic rings. The first kappa shape index (κ1) is 19.6. The van der Waals surface area contributed by atoms with E-state index in [0.717, 1.165) is 17.2 Å². The fourth-order valence-electron chi connectivity index (χ4n) is 3.08. The number of fused-ring (bicyclic) bond motifs is 1. The summed E-state index contributed by atoms with van der Waals surface area (Å²) in [6, 6.07) is 8.95. The highest BCUT2D eigenvalue weighted by Crippen LogP contribution is 2.31. The van der Waals surface area contributed by atoms with Crippen molar-refractivity contribution in [2.24, 2.45) is 0 Å². The predicted molar refractivity (Wildman–Crippen MR) is 104 cm³/mol. The summed E-state index contributed by atoms with van der Waals surface area (Å²) < 4.78 is 14.0. The fourth-order valence-corrected chi connectivity index (χ4v) is 3.08. The predicted octanol–water partition coefficient (Wildman–Crippen LogP) is 2.74. The highest BCUT2D eigenvalue weighted by molar-refractivity contribution is 6.00. The van der Waals surface area contributed by atoms with Gasteiger partial charge >= 0.3 is 0 Å². The van der Waals surface area contributed by atoms with Gasteiger partial charge in [0.05, 0.1) is 5.56 Å². The van der Waals surface area contributed by atoms with Gasteiger partial charge in [-0.15, -0.1) is 0 Å². The number of rotatable bonds is 5. The van der Waals surface area contributed by atoms with Gasteiger partial charge in [0.25, 0.3) is 5.91 Å². The number of nitrogens with zero attached hydrogens (tertiary/aromatic N) is 2. The van der Waals surface area contributed by atoms with Gasteiger partial charge in [-0.25, -0.2) is 4.39 Å². The first-order chi connectivity index (χ1) is 13.3. The summed E-state index contributed by atoms with van der Waals surface area (Å²) in [4.78, 5) is 28.3. The van der Waals surface area contributed by atoms with Crippen LogP contribution in [0.2, 0.25) is 0 Å². The second-order valence-corrected chi connectivity index (χ2v) is 6.92. The lowest BCUT2D eigenvalue weighted by Gasteiger charge is -2.16. The SMILES string of the molecule is CN(C)C/C=C/C(=O)Nc1cccc2c1CN(C(=O)c1ccc(O)cc1F)C2. The van der Waals surface area contributed by atoms with Gasteiger partial charge in [0.15, 0.2) is 0 Å². The number of hydrogen-bond donors (Lipinski definition) is 2. The third-order valence-electron chi connectivity index (χ3n) is 4.45. The number of halogens is 1. The van der Waals surface area contributed by atoms with Gasteiger partial charge in [-0.3, -0.25) is 9.59 Å². The molecule has 146 valence electrons. The number of likely N-dealkylation sites (N-methyl/N-ethyl adjacent to an activating group) is 1. The number of amides is 2. The Morgan fingerprint density at radius 3 is 2.75 bits per heavy atom. The van der Waals surface area contributed by atoms with Gasteiger partial charge in [0, 0.05) is 43.0 Å². The summed E-state index contributed by atoms with van der Waals surface area (Å²) in [5.41, 5.74) is 2.29. The van der Waals surface area contributed by atoms with Crippen LogP contribution in [0.25, 0.3) is 0 Å². The average molecular weight is 383 g/mol. The maximum atomic E-state index is 14.0. The molecule has 2 aromatic carbocycles. The number of nitrogens with one attached hydrogen (secondary N) is 1. The molecular formula is C21H22FN3O3. The Bertz CT molecular complexity index is 940. The van der Waals surface area contributed by atoms with Crippen LogP contribution < -0.4 is 5.32 Å². The fraction of sp³-hybridized carbons (Fsp3) is 0.238. The number of hydrogen-bond acceptors (Lipinski definition) is 4. The van der Waals surface area contributed by atoms with E-state index < -0.39 is 11.7 Å². The van der Waals surface area contributed by atoms with E-state index in [-0.39, 0.29) is 23.8 Å². The largest absolute Gasteiger partial charge is 0.508 e. The summed E-state index contributed by atoms with van der Waals surface area (Å²) in [7, 11) is 3.82. The van der Waals surface area contributed by atoms with Crippen molar-refractivity contribution in [2.75, 3.05) is 26.0 Å². The number of carbonyl (C=O) groups excluding carboxylic acids is 2. The van der Waals surface area contributed by atoms with E-state index in [1.807, 2.05) is 31.1 Å². The lowest BCUT2D eigenvalue weighted by molar-refractivity contribution is -0.111. The van der Waals surface area contributed by atoms with Crippen molar-refractivity contribution in [3.05, 3.63) is 71.1 Å². The maximum Gasteiger partial charge on any atom is 0.257 e. The van der Waals surface area contributed by atoms with Gasteiger partial charge in [-0.05, 0) is 37.9 Å². The van der Waals surface area contributed by atoms with E-state index in [1.54, 1.807) is 12.1 Å². The van der Waals surface area contributed by atoms with Crippen LogP contribution in [0.5, 0.6) is 5.75 Å². The van der Waals surface area contributed by atoms with Crippen molar-refractivity contribution in [2.45, 2.75) is 13.1 Å². The molecular weight excluding hydrogens is 361 g/mol. The molecule has 0 radical (unpaired) electrons. The summed E-state index contributed by atoms with van der Waals surface area (Å²) in [5, 5.41) is 12.2. The van der Waals surface area contributed by atoms with Crippen molar-refractivity contribution in [1.82, 2.24) is 9.80 Å². The zero-order chi connectivity index (χ0) is 20.3. The Labute approximate surface area is 162 Å². The van der Waals surface area contributed by atoms with Crippen molar-refractivity contribution < 1.29 is 19.1 Å². The number of aromatic hydroxyl groups is 1. The van der Waals surface area contributed by atoms with Crippen LogP contribution in [0.1, 0.15) is 21.5 Å². The van der Waals surface area contributed by atoms with E-state index in [4.69, 9.17) is 0 Å². The molecule has 0 aromatic heterocycles. The number of anilines is 1. The molecule has 2 aromatic rings. The second kappa shape index (κ2) is 8.22. The van der Waals surface area contributed by atoms with E-state index in [1.165, 1.54) is 23.1 Å². The van der Waals surface area contributed by atoms with Gasteiger partial charge in [-0.1, -0.05) is 18.2 Å². The lowest BCUT2D eigenvalue weighted by atomic mass is 10.1. The standard InChI is InChI=1S/C21H22FN3O3/c1-24(2)10-4-7-20(27)23-19-6-3-5-14-12-25(13-17(14)19)21(28)16-9-8-15(26)11-18(16)22/h3-9,11,26H,10,12-13H2,1-2H3,(H,23,27)/b7-4+. The van der Waals surface area contributed by atoms with E-state index in [0.29, 0.717) is 18.8 Å². The van der Waals surface area contributed by atoms with Gasteiger partial charge in [-0.2, -0.15) is 0 Å². The van der Waals surface area contributed by atoms with E-state index in [2.05, 4.69) is 5.32 Å². The lowest BCUT2D eigenvalue weighted by Crippen LogP contribution is -2.26. The molecule has 2 N–H and O–H groups in total. The number of phenolic OH excluding ortho intramolecular Hbond substituents is 1. The Morgan fingerprint density at radius 1 is 1.25 bits per heavy atom. The summed E-state index contributed by atoms with van der Waals surface area (Å²) >= 11 is 0. The highest BCUT2D eigenvalue weighted by atomic mass is 19.1. The monoisotopic (exact) mass is 383 g/mol. The van der Waals surface area contributed by atoms with Crippen LogP contribution in [0.15, 0.2) is 48.6 Å². The molecule has 28 heavy (non-hydrogen) atoms. The van der Waals surface area contributed by atoms with Crippen molar-refractivity contribution >= 4 is 17.5 Å². The van der Waals surface area contributed by atoms with Crippen molar-refractivity contribution in [1.29, 1.82) is 0 Å². The van der Waals surface area contributed by atoms with Crippen LogP contribution in [-0.2, 0) is 17.9 Å². The quantitative estimate of drug-likeness (QED) is 0.779. The molecule has 0 bridgehead atoms. The molecule has 1 heterocycles. The van der Waals surface area contributed by atoms with Crippen molar-refractivity contribution in [3.8, 4) is 5.75 Å². The molecule has 0 atom stereocenters. The molecule has 6 nitrogen and oxygen atoms in total. The van der Waals surface area contributed by atoms with Gasteiger partial charge < -0.3 is 20.2 Å². The zero-order valence-electron chi connectivity index (χ0n) is 15.8. The minimum Gasteiger partial charge on any atom is -0.508 e. The average Bonchev–Trinajstić information content (AvgIpc) is 3.06. The first-order valence-corrected chi connectivity index (χ1v) is 8.86. The molecule has 0 aliphatic carbocycles. The van der Waals surface area contributed by atoms with Crippen LogP contribution in [-0.4, -0.2) is 47.4 Å². The van der Waals surface area contributed by atoms with Crippen LogP contribution in [0.3, 0.4) is 0 Å². The van der Waals surface area contributed by atoms with Crippen molar-refractivity contribution in [3.63, 3.8) is 0 Å². The Morgan fingerprint density at radius 2 is 2.04 bits per heavy atom. The third kappa shape index (κ3) is 4.37. The first-order valence-electron chi connectivity index (χ1n) is 8.86. The molecule has 0 spiro atoms. The van der Waals surface area contributed by atoms with Gasteiger partial charge in [0.2, 0.25) is 5.91 Å². The van der Waals surface area contributed by atoms with Crippen LogP contribution in [0, 0.1) is 5.82 Å². The minimum atomic E-state index is -0.763. The molecule has 0 saturated heterocycles. The number of carbonyl (C=O) groups is 2. The molecule has 0 saturated carbocycles.